The number of hydrogen-bond acceptors (Lipinski definition) is 4. The Balaban J connectivity index is 1.80. The second kappa shape index (κ2) is 9.59. The molecule has 0 fully saturated rings. The van der Waals surface area contributed by atoms with E-state index in [9.17, 15) is 9.59 Å². The van der Waals surface area contributed by atoms with Crippen LogP contribution in [0.15, 0.2) is 42.5 Å². The van der Waals surface area contributed by atoms with E-state index in [0.29, 0.717) is 24.7 Å². The fourth-order valence-electron chi connectivity index (χ4n) is 3.67. The summed E-state index contributed by atoms with van der Waals surface area (Å²) < 4.78 is 11.4. The number of esters is 1. The number of carbonyl (C=O) groups is 2. The number of carbonyl (C=O) groups excluding carboxylic acids is 1. The zero-order chi connectivity index (χ0) is 20.8. The lowest BCUT2D eigenvalue weighted by molar-refractivity contribution is -0.136. The highest BCUT2D eigenvalue weighted by molar-refractivity contribution is 5.88. The third kappa shape index (κ3) is 5.17. The van der Waals surface area contributed by atoms with Gasteiger partial charge in [0.25, 0.3) is 0 Å². The number of benzene rings is 2. The molecule has 0 radical (unpaired) electrons. The first-order valence-corrected chi connectivity index (χ1v) is 10.3. The molecule has 154 valence electrons. The zero-order valence-corrected chi connectivity index (χ0v) is 17.0. The molecule has 3 rings (SSSR count). The molecule has 0 saturated carbocycles. The van der Waals surface area contributed by atoms with Crippen molar-refractivity contribution >= 4 is 11.9 Å². The van der Waals surface area contributed by atoms with Gasteiger partial charge < -0.3 is 14.6 Å². The number of aromatic carboxylic acids is 1. The molecule has 0 saturated heterocycles. The summed E-state index contributed by atoms with van der Waals surface area (Å²) in [7, 11) is 0. The number of ether oxygens (including phenoxy) is 2. The van der Waals surface area contributed by atoms with Gasteiger partial charge in [0.1, 0.15) is 11.5 Å². The lowest BCUT2D eigenvalue weighted by Crippen LogP contribution is -2.20. The Morgan fingerprint density at radius 3 is 2.62 bits per heavy atom. The van der Waals surface area contributed by atoms with Crippen LogP contribution in [0.2, 0.25) is 0 Å². The highest BCUT2D eigenvalue weighted by Gasteiger charge is 2.26. The van der Waals surface area contributed by atoms with Crippen LogP contribution in [0.4, 0.5) is 0 Å². The van der Waals surface area contributed by atoms with Crippen molar-refractivity contribution in [2.75, 3.05) is 6.61 Å². The largest absolute Gasteiger partial charge is 0.493 e. The van der Waals surface area contributed by atoms with Crippen LogP contribution in [0.1, 0.15) is 79.3 Å². The molecular weight excluding hydrogens is 368 g/mol. The second-order valence-corrected chi connectivity index (χ2v) is 7.63. The van der Waals surface area contributed by atoms with Gasteiger partial charge in [0.15, 0.2) is 0 Å². The van der Waals surface area contributed by atoms with E-state index >= 15 is 0 Å². The van der Waals surface area contributed by atoms with E-state index in [-0.39, 0.29) is 17.5 Å². The van der Waals surface area contributed by atoms with Crippen LogP contribution in [0, 0.1) is 0 Å². The van der Waals surface area contributed by atoms with E-state index in [0.717, 1.165) is 37.0 Å². The van der Waals surface area contributed by atoms with E-state index in [1.165, 1.54) is 29.8 Å². The van der Waals surface area contributed by atoms with E-state index in [2.05, 4.69) is 19.9 Å². The fraction of sp³-hybridized carbons (Fsp3) is 0.417. The molecule has 2 unspecified atom stereocenters. The standard InChI is InChI=1S/C24H28O5/c1-3-4-5-6-21(18-9-12-20-16(2)13-14-28-22(20)15-18)24(27)29-19-10-7-17(8-11-19)23(25)26/h7-12,15-16,21H,3-6,13-14H2,1-2H3,(H,25,26). The van der Waals surface area contributed by atoms with Crippen LogP contribution < -0.4 is 9.47 Å². The normalized spacial score (nSPS) is 16.4. The Labute approximate surface area is 171 Å². The number of hydrogen-bond donors (Lipinski definition) is 1. The van der Waals surface area contributed by atoms with E-state index in [1.54, 1.807) is 0 Å². The van der Waals surface area contributed by atoms with Gasteiger partial charge in [-0.15, -0.1) is 0 Å². The first-order chi connectivity index (χ1) is 14.0. The molecule has 1 heterocycles. The van der Waals surface area contributed by atoms with Crippen molar-refractivity contribution in [3.8, 4) is 11.5 Å². The van der Waals surface area contributed by atoms with Gasteiger partial charge in [-0.25, -0.2) is 4.79 Å². The van der Waals surface area contributed by atoms with Crippen LogP contribution in [0.5, 0.6) is 11.5 Å². The maximum Gasteiger partial charge on any atom is 0.335 e. The summed E-state index contributed by atoms with van der Waals surface area (Å²) in [5, 5.41) is 9.01. The highest BCUT2D eigenvalue weighted by Crippen LogP contribution is 2.37. The van der Waals surface area contributed by atoms with Crippen LogP contribution >= 0.6 is 0 Å². The van der Waals surface area contributed by atoms with Crippen molar-refractivity contribution in [2.24, 2.45) is 0 Å². The summed E-state index contributed by atoms with van der Waals surface area (Å²) in [4.78, 5) is 24.0. The topological polar surface area (TPSA) is 72.8 Å². The molecule has 1 aliphatic heterocycles. The Morgan fingerprint density at radius 1 is 1.17 bits per heavy atom. The van der Waals surface area contributed by atoms with Crippen molar-refractivity contribution in [1.29, 1.82) is 0 Å². The Hall–Kier alpha value is -2.82. The molecule has 0 spiro atoms. The fourth-order valence-corrected chi connectivity index (χ4v) is 3.67. The molecule has 0 bridgehead atoms. The third-order valence-electron chi connectivity index (χ3n) is 5.48. The predicted molar refractivity (Wildman–Crippen MR) is 111 cm³/mol. The molecule has 5 nitrogen and oxygen atoms in total. The first-order valence-electron chi connectivity index (χ1n) is 10.3. The van der Waals surface area contributed by atoms with Gasteiger partial charge in [0.05, 0.1) is 18.1 Å². The minimum Gasteiger partial charge on any atom is -0.493 e. The van der Waals surface area contributed by atoms with Gasteiger partial charge >= 0.3 is 11.9 Å². The molecule has 5 heteroatoms. The summed E-state index contributed by atoms with van der Waals surface area (Å²) >= 11 is 0. The maximum atomic E-state index is 13.0. The smallest absolute Gasteiger partial charge is 0.335 e. The Bertz CT molecular complexity index is 856. The minimum absolute atomic E-state index is 0.158. The molecule has 0 aliphatic carbocycles. The van der Waals surface area contributed by atoms with Gasteiger partial charge in [-0.3, -0.25) is 4.79 Å². The summed E-state index contributed by atoms with van der Waals surface area (Å²) in [6.07, 6.45) is 4.76. The van der Waals surface area contributed by atoms with Crippen LogP contribution in [-0.4, -0.2) is 23.7 Å². The summed E-state index contributed by atoms with van der Waals surface area (Å²) in [6, 6.07) is 12.0. The molecule has 0 aromatic heterocycles. The van der Waals surface area contributed by atoms with E-state index < -0.39 is 5.97 Å². The van der Waals surface area contributed by atoms with Gasteiger partial charge in [-0.05, 0) is 60.2 Å². The van der Waals surface area contributed by atoms with Crippen molar-refractivity contribution < 1.29 is 24.2 Å². The first kappa shape index (κ1) is 20.9. The van der Waals surface area contributed by atoms with Gasteiger partial charge in [0.2, 0.25) is 0 Å². The molecule has 0 amide bonds. The Kier molecular flexibility index (Phi) is 6.91. The molecule has 2 aromatic rings. The van der Waals surface area contributed by atoms with Crippen molar-refractivity contribution in [3.63, 3.8) is 0 Å². The molecule has 1 N–H and O–H groups in total. The van der Waals surface area contributed by atoms with Crippen LogP contribution in [0.25, 0.3) is 0 Å². The maximum absolute atomic E-state index is 13.0. The molecule has 1 aliphatic rings. The second-order valence-electron chi connectivity index (χ2n) is 7.63. The monoisotopic (exact) mass is 396 g/mol. The van der Waals surface area contributed by atoms with E-state index in [4.69, 9.17) is 14.6 Å². The number of carboxylic acids is 1. The van der Waals surface area contributed by atoms with E-state index in [1.807, 2.05) is 12.1 Å². The van der Waals surface area contributed by atoms with Gasteiger partial charge in [-0.1, -0.05) is 45.2 Å². The van der Waals surface area contributed by atoms with Gasteiger partial charge in [0, 0.05) is 0 Å². The molecule has 29 heavy (non-hydrogen) atoms. The summed E-state index contributed by atoms with van der Waals surface area (Å²) in [6.45, 7) is 5.01. The number of rotatable bonds is 8. The SMILES string of the molecule is CCCCCC(C(=O)Oc1ccc(C(=O)O)cc1)c1ccc2c(c1)OCCC2C. The predicted octanol–water partition coefficient (Wildman–Crippen LogP) is 5.54. The lowest BCUT2D eigenvalue weighted by Gasteiger charge is -2.25. The van der Waals surface area contributed by atoms with Crippen molar-refractivity contribution in [2.45, 2.75) is 57.8 Å². The third-order valence-corrected chi connectivity index (χ3v) is 5.48. The molecule has 2 atom stereocenters. The average molecular weight is 396 g/mol. The van der Waals surface area contributed by atoms with Crippen molar-refractivity contribution in [3.05, 3.63) is 59.2 Å². The molecular formula is C24H28O5. The van der Waals surface area contributed by atoms with Crippen molar-refractivity contribution in [1.82, 2.24) is 0 Å². The zero-order valence-electron chi connectivity index (χ0n) is 17.0. The summed E-state index contributed by atoms with van der Waals surface area (Å²) in [5.74, 6) is -0.0573. The van der Waals surface area contributed by atoms with Crippen LogP contribution in [-0.2, 0) is 4.79 Å². The van der Waals surface area contributed by atoms with Crippen LogP contribution in [0.3, 0.4) is 0 Å². The number of fused-ring (bicyclic) bond motifs is 1. The summed E-state index contributed by atoms with van der Waals surface area (Å²) in [5.41, 5.74) is 2.25. The number of carboxylic acid groups (broad SMARTS) is 1. The Morgan fingerprint density at radius 2 is 1.93 bits per heavy atom. The van der Waals surface area contributed by atoms with Gasteiger partial charge in [-0.2, -0.15) is 0 Å². The number of unbranched alkanes of at least 4 members (excludes halogenated alkanes) is 2. The minimum atomic E-state index is -1.01. The quantitative estimate of drug-likeness (QED) is 0.360. The molecule has 2 aromatic carbocycles. The average Bonchev–Trinajstić information content (AvgIpc) is 2.71. The highest BCUT2D eigenvalue weighted by atomic mass is 16.5. The lowest BCUT2D eigenvalue weighted by atomic mass is 9.88.